The minimum absolute atomic E-state index is 0.114. The van der Waals surface area contributed by atoms with Gasteiger partial charge in [0, 0.05) is 62.4 Å². The molecule has 3 aromatic rings. The van der Waals surface area contributed by atoms with Crippen LogP contribution in [-0.4, -0.2) is 85.0 Å². The van der Waals surface area contributed by atoms with Crippen molar-refractivity contribution in [3.05, 3.63) is 47.0 Å². The topological polar surface area (TPSA) is 145 Å². The van der Waals surface area contributed by atoms with Crippen LogP contribution in [0.1, 0.15) is 52.0 Å². The number of carbonyl (C=O) groups excluding carboxylic acids is 3. The second-order valence-electron chi connectivity index (χ2n) is 12.0. The molecule has 1 saturated heterocycles. The van der Waals surface area contributed by atoms with Gasteiger partial charge in [-0.1, -0.05) is 17.7 Å². The van der Waals surface area contributed by atoms with Crippen LogP contribution in [0.15, 0.2) is 36.4 Å². The fraction of sp³-hybridized carbons (Fsp3) is 0.485. The van der Waals surface area contributed by atoms with Gasteiger partial charge in [0.05, 0.1) is 29.7 Å². The first kappa shape index (κ1) is 34.7. The lowest BCUT2D eigenvalue weighted by Crippen LogP contribution is -2.45. The third kappa shape index (κ3) is 9.19. The van der Waals surface area contributed by atoms with Crippen molar-refractivity contribution < 1.29 is 33.3 Å². The second kappa shape index (κ2) is 15.9. The van der Waals surface area contributed by atoms with Gasteiger partial charge < -0.3 is 29.2 Å². The molecule has 1 aliphatic rings. The second-order valence-corrected chi connectivity index (χ2v) is 12.4. The van der Waals surface area contributed by atoms with E-state index in [0.717, 1.165) is 11.1 Å². The van der Waals surface area contributed by atoms with E-state index < -0.39 is 23.7 Å². The molecule has 0 aliphatic carbocycles. The molecule has 0 bridgehead atoms. The monoisotopic (exact) mass is 653 g/mol. The number of nitrogens with zero attached hydrogens (tertiary/aromatic N) is 4. The number of piperidine rings is 1. The van der Waals surface area contributed by atoms with Gasteiger partial charge in [-0.25, -0.2) is 9.59 Å². The van der Waals surface area contributed by atoms with Gasteiger partial charge in [0.15, 0.2) is 5.82 Å². The number of benzene rings is 2. The van der Waals surface area contributed by atoms with Crippen LogP contribution >= 0.6 is 11.6 Å². The lowest BCUT2D eigenvalue weighted by molar-refractivity contribution is -0.121. The summed E-state index contributed by atoms with van der Waals surface area (Å²) in [6, 6.07) is 12.3. The Bertz CT molecular complexity index is 1590. The van der Waals surface area contributed by atoms with Gasteiger partial charge in [0.2, 0.25) is 5.91 Å². The van der Waals surface area contributed by atoms with Crippen molar-refractivity contribution >= 4 is 46.4 Å². The van der Waals surface area contributed by atoms with Crippen LogP contribution in [0.2, 0.25) is 5.02 Å². The number of methoxy groups -OCH3 is 1. The average molecular weight is 654 g/mol. The van der Waals surface area contributed by atoms with Crippen molar-refractivity contribution in [2.45, 2.75) is 52.1 Å². The van der Waals surface area contributed by atoms with Gasteiger partial charge in [-0.05, 0) is 75.9 Å². The first-order chi connectivity index (χ1) is 22.0. The van der Waals surface area contributed by atoms with E-state index in [4.69, 9.17) is 30.5 Å². The summed E-state index contributed by atoms with van der Waals surface area (Å²) in [4.78, 5) is 40.9. The SMILES string of the molecule is COCCCOCCCOC(=O)n1nc(NC(=O)[C@@H]2CCCN(C(=O)OC(C)(C)C)C2)c2cc(-c3cc(C#N)ccc3Cl)ccc21. The molecule has 246 valence electrons. The summed E-state index contributed by atoms with van der Waals surface area (Å²) in [6.07, 6.45) is 1.29. The molecule has 1 atom stereocenters. The van der Waals surface area contributed by atoms with Gasteiger partial charge in [-0.15, -0.1) is 5.10 Å². The van der Waals surface area contributed by atoms with Crippen molar-refractivity contribution in [2.75, 3.05) is 51.9 Å². The van der Waals surface area contributed by atoms with Crippen molar-refractivity contribution in [1.82, 2.24) is 14.7 Å². The number of ether oxygens (including phenoxy) is 4. The quantitative estimate of drug-likeness (QED) is 0.238. The predicted molar refractivity (Wildman–Crippen MR) is 173 cm³/mol. The highest BCUT2D eigenvalue weighted by Gasteiger charge is 2.32. The zero-order valence-corrected chi connectivity index (χ0v) is 27.4. The first-order valence-corrected chi connectivity index (χ1v) is 15.6. The summed E-state index contributed by atoms with van der Waals surface area (Å²) in [5, 5.41) is 17.6. The molecule has 1 aromatic heterocycles. The Morgan fingerprint density at radius 2 is 1.83 bits per heavy atom. The van der Waals surface area contributed by atoms with E-state index in [1.54, 1.807) is 64.3 Å². The van der Waals surface area contributed by atoms with E-state index in [1.165, 1.54) is 4.90 Å². The van der Waals surface area contributed by atoms with Crippen molar-refractivity contribution in [3.8, 4) is 17.2 Å². The zero-order chi connectivity index (χ0) is 33.3. The molecule has 0 unspecified atom stereocenters. The summed E-state index contributed by atoms with van der Waals surface area (Å²) in [6.45, 7) is 7.76. The Labute approximate surface area is 273 Å². The zero-order valence-electron chi connectivity index (χ0n) is 26.6. The molecule has 4 rings (SSSR count). The minimum atomic E-state index is -0.712. The Hall–Kier alpha value is -4.18. The number of hydrogen-bond donors (Lipinski definition) is 1. The van der Waals surface area contributed by atoms with E-state index in [-0.39, 0.29) is 24.9 Å². The molecule has 0 spiro atoms. The van der Waals surface area contributed by atoms with E-state index in [0.29, 0.717) is 78.2 Å². The van der Waals surface area contributed by atoms with Crippen molar-refractivity contribution in [3.63, 3.8) is 0 Å². The molecule has 13 heteroatoms. The molecular weight excluding hydrogens is 614 g/mol. The largest absolute Gasteiger partial charge is 0.448 e. The van der Waals surface area contributed by atoms with Gasteiger partial charge in [0.1, 0.15) is 5.60 Å². The Balaban J connectivity index is 1.56. The Morgan fingerprint density at radius 1 is 1.07 bits per heavy atom. The van der Waals surface area contributed by atoms with E-state index in [2.05, 4.69) is 16.5 Å². The van der Waals surface area contributed by atoms with Crippen LogP contribution in [0.4, 0.5) is 15.4 Å². The minimum Gasteiger partial charge on any atom is -0.448 e. The molecule has 0 radical (unpaired) electrons. The predicted octanol–water partition coefficient (Wildman–Crippen LogP) is 6.24. The van der Waals surface area contributed by atoms with Gasteiger partial charge in [-0.2, -0.15) is 9.94 Å². The molecule has 2 aromatic carbocycles. The van der Waals surface area contributed by atoms with Gasteiger partial charge in [-0.3, -0.25) is 4.79 Å². The summed E-state index contributed by atoms with van der Waals surface area (Å²) in [5.41, 5.74) is 1.46. The maximum atomic E-state index is 13.5. The molecule has 2 amide bonds. The van der Waals surface area contributed by atoms with E-state index >= 15 is 0 Å². The van der Waals surface area contributed by atoms with Crippen LogP contribution in [0.3, 0.4) is 0 Å². The van der Waals surface area contributed by atoms with Crippen LogP contribution < -0.4 is 5.32 Å². The maximum Gasteiger partial charge on any atom is 0.435 e. The number of hydrogen-bond acceptors (Lipinski definition) is 9. The Morgan fingerprint density at radius 3 is 2.54 bits per heavy atom. The van der Waals surface area contributed by atoms with Crippen molar-refractivity contribution in [2.24, 2.45) is 5.92 Å². The molecule has 1 N–H and O–H groups in total. The van der Waals surface area contributed by atoms with E-state index in [1.807, 2.05) is 0 Å². The van der Waals surface area contributed by atoms with Gasteiger partial charge >= 0.3 is 12.2 Å². The molecule has 1 fully saturated rings. The first-order valence-electron chi connectivity index (χ1n) is 15.3. The third-order valence-corrected chi connectivity index (χ3v) is 7.57. The number of halogens is 1. The number of rotatable bonds is 11. The molecule has 1 aliphatic heterocycles. The normalized spacial score (nSPS) is 15.0. The summed E-state index contributed by atoms with van der Waals surface area (Å²) >= 11 is 6.48. The van der Waals surface area contributed by atoms with Crippen molar-refractivity contribution in [1.29, 1.82) is 5.26 Å². The lowest BCUT2D eigenvalue weighted by Gasteiger charge is -2.33. The standard InChI is InChI=1S/C33H40ClN5O7/c1-33(2,3)46-31(41)38-13-5-8-24(21-38)30(40)36-29-26-19-23(25-18-22(20-35)9-11-27(25)34)10-12-28(26)39(37-29)32(42)45-17-7-16-44-15-6-14-43-4/h9-12,18-19,24H,5-8,13-17,21H2,1-4H3,(H,36,37,40)/t24-/m1/s1. The number of amides is 2. The molecular formula is C33H40ClN5O7. The molecule has 0 saturated carbocycles. The molecule has 12 nitrogen and oxygen atoms in total. The number of likely N-dealkylation sites (tertiary alicyclic amines) is 1. The number of aromatic nitrogens is 2. The summed E-state index contributed by atoms with van der Waals surface area (Å²) in [5.74, 6) is -0.696. The summed E-state index contributed by atoms with van der Waals surface area (Å²) < 4.78 is 22.6. The molecule has 2 heterocycles. The highest BCUT2D eigenvalue weighted by atomic mass is 35.5. The average Bonchev–Trinajstić information content (AvgIpc) is 3.39. The highest BCUT2D eigenvalue weighted by Crippen LogP contribution is 2.34. The van der Waals surface area contributed by atoms with Crippen LogP contribution in [-0.2, 0) is 23.7 Å². The highest BCUT2D eigenvalue weighted by molar-refractivity contribution is 6.33. The van der Waals surface area contributed by atoms with Crippen LogP contribution in [0.5, 0.6) is 0 Å². The summed E-state index contributed by atoms with van der Waals surface area (Å²) in [7, 11) is 1.63. The number of anilines is 1. The van der Waals surface area contributed by atoms with Crippen LogP contribution in [0, 0.1) is 17.2 Å². The fourth-order valence-electron chi connectivity index (χ4n) is 5.02. The number of carbonyl (C=O) groups is 3. The number of fused-ring (bicyclic) bond motifs is 1. The third-order valence-electron chi connectivity index (χ3n) is 7.24. The number of nitriles is 1. The maximum absolute atomic E-state index is 13.5. The smallest absolute Gasteiger partial charge is 0.435 e. The molecule has 46 heavy (non-hydrogen) atoms. The Kier molecular flexibility index (Phi) is 12.0. The number of nitrogens with one attached hydrogen (secondary N) is 1. The van der Waals surface area contributed by atoms with Crippen LogP contribution in [0.25, 0.3) is 22.0 Å². The fourth-order valence-corrected chi connectivity index (χ4v) is 5.25. The van der Waals surface area contributed by atoms with E-state index in [9.17, 15) is 19.6 Å². The lowest BCUT2D eigenvalue weighted by atomic mass is 9.97. The van der Waals surface area contributed by atoms with Gasteiger partial charge in [0.25, 0.3) is 0 Å².